The Balaban J connectivity index is 1.64. The number of fused-ring (bicyclic) bond motifs is 1. The number of benzene rings is 1. The van der Waals surface area contributed by atoms with Crippen LogP contribution in [0.3, 0.4) is 0 Å². The Kier molecular flexibility index (Phi) is 4.12. The van der Waals surface area contributed by atoms with Crippen LogP contribution in [0.1, 0.15) is 27.6 Å². The molecule has 2 heterocycles. The number of amides is 1. The van der Waals surface area contributed by atoms with Crippen LogP contribution in [0, 0.1) is 13.8 Å². The first-order valence-electron chi connectivity index (χ1n) is 7.45. The van der Waals surface area contributed by atoms with Gasteiger partial charge in [0, 0.05) is 17.8 Å². The summed E-state index contributed by atoms with van der Waals surface area (Å²) in [5.41, 5.74) is 4.07. The number of H-pyrrole nitrogens is 1. The van der Waals surface area contributed by atoms with E-state index in [2.05, 4.69) is 20.4 Å². The zero-order valence-electron chi connectivity index (χ0n) is 13.1. The highest BCUT2D eigenvalue weighted by atomic mass is 16.3. The fourth-order valence-corrected chi connectivity index (χ4v) is 2.56. The predicted octanol–water partition coefficient (Wildman–Crippen LogP) is 1.30. The van der Waals surface area contributed by atoms with Crippen LogP contribution in [0.4, 0.5) is 0 Å². The Hall–Kier alpha value is -2.67. The number of nitrogens with zero attached hydrogens (tertiary/aromatic N) is 3. The largest absolute Gasteiger partial charge is 0.388 e. The van der Waals surface area contributed by atoms with Crippen LogP contribution in [0.2, 0.25) is 0 Å². The minimum atomic E-state index is -0.154. The van der Waals surface area contributed by atoms with Crippen molar-refractivity contribution in [1.82, 2.24) is 25.1 Å². The van der Waals surface area contributed by atoms with Crippen molar-refractivity contribution in [3.05, 3.63) is 47.0 Å². The zero-order valence-corrected chi connectivity index (χ0v) is 13.1. The molecular weight excluding hydrogens is 294 g/mol. The van der Waals surface area contributed by atoms with Gasteiger partial charge >= 0.3 is 0 Å². The third-order valence-corrected chi connectivity index (χ3v) is 3.66. The molecule has 0 aliphatic rings. The van der Waals surface area contributed by atoms with E-state index in [1.165, 1.54) is 0 Å². The number of aromatic nitrogens is 4. The first-order valence-corrected chi connectivity index (χ1v) is 7.45. The molecule has 0 unspecified atom stereocenters. The van der Waals surface area contributed by atoms with Gasteiger partial charge in [0.05, 0.1) is 23.3 Å². The molecule has 23 heavy (non-hydrogen) atoms. The Bertz CT molecular complexity index is 849. The highest BCUT2D eigenvalue weighted by Gasteiger charge is 2.09. The van der Waals surface area contributed by atoms with E-state index >= 15 is 0 Å². The third kappa shape index (κ3) is 3.24. The van der Waals surface area contributed by atoms with Gasteiger partial charge < -0.3 is 15.4 Å². The van der Waals surface area contributed by atoms with Gasteiger partial charge in [-0.2, -0.15) is 5.10 Å². The van der Waals surface area contributed by atoms with Gasteiger partial charge in [-0.3, -0.25) is 9.48 Å². The van der Waals surface area contributed by atoms with E-state index in [9.17, 15) is 4.79 Å². The number of aliphatic hydroxyl groups is 1. The Morgan fingerprint density at radius 2 is 2.17 bits per heavy atom. The number of carbonyl (C=O) groups excluding carboxylic acids is 1. The summed E-state index contributed by atoms with van der Waals surface area (Å²) in [5, 5.41) is 16.3. The molecule has 7 heteroatoms. The number of nitrogens with one attached hydrogen (secondary N) is 2. The molecule has 3 N–H and O–H groups in total. The number of aryl methyl sites for hydroxylation is 2. The standard InChI is InChI=1S/C16H19N5O2/c1-10-7-11(2)21(20-10)6-5-17-16(23)12-3-4-13-14(8-12)19-15(9-22)18-13/h3-4,7-8,22H,5-6,9H2,1-2H3,(H,17,23)(H,18,19). The van der Waals surface area contributed by atoms with Gasteiger partial charge in [0.15, 0.2) is 0 Å². The summed E-state index contributed by atoms with van der Waals surface area (Å²) in [6, 6.07) is 7.23. The Labute approximate surface area is 133 Å². The predicted molar refractivity (Wildman–Crippen MR) is 86.1 cm³/mol. The molecular formula is C16H19N5O2. The van der Waals surface area contributed by atoms with Crippen LogP contribution in [0.15, 0.2) is 24.3 Å². The molecule has 0 spiro atoms. The van der Waals surface area contributed by atoms with Crippen molar-refractivity contribution in [2.45, 2.75) is 27.0 Å². The van der Waals surface area contributed by atoms with Gasteiger partial charge in [0.2, 0.25) is 0 Å². The molecule has 0 radical (unpaired) electrons. The van der Waals surface area contributed by atoms with Crippen molar-refractivity contribution in [2.24, 2.45) is 0 Å². The van der Waals surface area contributed by atoms with Gasteiger partial charge in [0.25, 0.3) is 5.91 Å². The van der Waals surface area contributed by atoms with Crippen molar-refractivity contribution < 1.29 is 9.90 Å². The first-order chi connectivity index (χ1) is 11.1. The van der Waals surface area contributed by atoms with E-state index in [4.69, 9.17) is 5.11 Å². The second kappa shape index (κ2) is 6.21. The normalized spacial score (nSPS) is 11.1. The molecule has 0 bridgehead atoms. The van der Waals surface area contributed by atoms with Crippen molar-refractivity contribution in [3.8, 4) is 0 Å². The minimum absolute atomic E-state index is 0.145. The number of carbonyl (C=O) groups is 1. The molecule has 0 fully saturated rings. The molecule has 2 aromatic heterocycles. The van der Waals surface area contributed by atoms with E-state index in [0.717, 1.165) is 22.4 Å². The molecule has 3 aromatic rings. The van der Waals surface area contributed by atoms with Gasteiger partial charge in [-0.05, 0) is 38.1 Å². The van der Waals surface area contributed by atoms with Crippen molar-refractivity contribution in [2.75, 3.05) is 6.54 Å². The van der Waals surface area contributed by atoms with Gasteiger partial charge in [-0.15, -0.1) is 0 Å². The molecule has 0 aliphatic heterocycles. The lowest BCUT2D eigenvalue weighted by atomic mass is 10.2. The summed E-state index contributed by atoms with van der Waals surface area (Å²) in [4.78, 5) is 19.4. The van der Waals surface area contributed by atoms with E-state index in [-0.39, 0.29) is 12.5 Å². The highest BCUT2D eigenvalue weighted by molar-refractivity contribution is 5.97. The Morgan fingerprint density at radius 3 is 2.87 bits per heavy atom. The summed E-state index contributed by atoms with van der Waals surface area (Å²) in [7, 11) is 0. The van der Waals surface area contributed by atoms with E-state index in [1.54, 1.807) is 18.2 Å². The highest BCUT2D eigenvalue weighted by Crippen LogP contribution is 2.14. The quantitative estimate of drug-likeness (QED) is 0.661. The zero-order chi connectivity index (χ0) is 16.4. The maximum absolute atomic E-state index is 12.2. The molecule has 0 saturated heterocycles. The SMILES string of the molecule is Cc1cc(C)n(CCNC(=O)c2ccc3nc(CO)[nH]c3c2)n1. The molecule has 0 aliphatic carbocycles. The van der Waals surface area contributed by atoms with E-state index in [1.807, 2.05) is 24.6 Å². The van der Waals surface area contributed by atoms with Crippen LogP contribution in [0.5, 0.6) is 0 Å². The van der Waals surface area contributed by atoms with Crippen molar-refractivity contribution in [1.29, 1.82) is 0 Å². The lowest BCUT2D eigenvalue weighted by Crippen LogP contribution is -2.27. The maximum atomic E-state index is 12.2. The molecule has 1 amide bonds. The van der Waals surface area contributed by atoms with Gasteiger partial charge in [-0.25, -0.2) is 4.98 Å². The molecule has 3 rings (SSSR count). The second-order valence-corrected chi connectivity index (χ2v) is 5.48. The number of hydrogen-bond acceptors (Lipinski definition) is 4. The maximum Gasteiger partial charge on any atom is 0.251 e. The molecule has 0 atom stereocenters. The molecule has 0 saturated carbocycles. The minimum Gasteiger partial charge on any atom is -0.388 e. The fourth-order valence-electron chi connectivity index (χ4n) is 2.56. The fraction of sp³-hybridized carbons (Fsp3) is 0.312. The molecule has 120 valence electrons. The smallest absolute Gasteiger partial charge is 0.251 e. The second-order valence-electron chi connectivity index (χ2n) is 5.48. The molecule has 7 nitrogen and oxygen atoms in total. The lowest BCUT2D eigenvalue weighted by molar-refractivity contribution is 0.0952. The van der Waals surface area contributed by atoms with E-state index < -0.39 is 0 Å². The number of rotatable bonds is 5. The van der Waals surface area contributed by atoms with Crippen molar-refractivity contribution >= 4 is 16.9 Å². The number of imidazole rings is 1. The van der Waals surface area contributed by atoms with Crippen LogP contribution in [-0.2, 0) is 13.2 Å². The average Bonchev–Trinajstić information content (AvgIpc) is 3.08. The first kappa shape index (κ1) is 15.2. The average molecular weight is 313 g/mol. The third-order valence-electron chi connectivity index (χ3n) is 3.66. The van der Waals surface area contributed by atoms with Gasteiger partial charge in [-0.1, -0.05) is 0 Å². The number of aromatic amines is 1. The lowest BCUT2D eigenvalue weighted by Gasteiger charge is -2.07. The molecule has 1 aromatic carbocycles. The van der Waals surface area contributed by atoms with Crippen LogP contribution in [0.25, 0.3) is 11.0 Å². The van der Waals surface area contributed by atoms with Crippen LogP contribution in [-0.4, -0.2) is 37.3 Å². The number of aliphatic hydroxyl groups excluding tert-OH is 1. The summed E-state index contributed by atoms with van der Waals surface area (Å²) >= 11 is 0. The van der Waals surface area contributed by atoms with Crippen LogP contribution < -0.4 is 5.32 Å². The summed E-state index contributed by atoms with van der Waals surface area (Å²) < 4.78 is 1.88. The summed E-state index contributed by atoms with van der Waals surface area (Å²) in [5.74, 6) is 0.343. The topological polar surface area (TPSA) is 95.8 Å². The van der Waals surface area contributed by atoms with Crippen molar-refractivity contribution in [3.63, 3.8) is 0 Å². The van der Waals surface area contributed by atoms with Crippen LogP contribution >= 0.6 is 0 Å². The summed E-state index contributed by atoms with van der Waals surface area (Å²) in [6.45, 7) is 4.92. The summed E-state index contributed by atoms with van der Waals surface area (Å²) in [6.07, 6.45) is 0. The van der Waals surface area contributed by atoms with Gasteiger partial charge in [0.1, 0.15) is 12.4 Å². The Morgan fingerprint density at radius 1 is 1.35 bits per heavy atom. The monoisotopic (exact) mass is 313 g/mol. The van der Waals surface area contributed by atoms with E-state index in [0.29, 0.717) is 24.5 Å². The number of hydrogen-bond donors (Lipinski definition) is 3.